The maximum atomic E-state index is 12.0. The smallest absolute Gasteiger partial charge is 0.251 e. The average molecular weight is 446 g/mol. The maximum absolute atomic E-state index is 12.0. The number of amides is 3. The normalized spacial score (nSPS) is 10.4. The van der Waals surface area contributed by atoms with E-state index < -0.39 is 0 Å². The molecule has 148 valence electrons. The molecule has 0 atom stereocenters. The van der Waals surface area contributed by atoms with Crippen LogP contribution < -0.4 is 16.0 Å². The van der Waals surface area contributed by atoms with Gasteiger partial charge in [-0.2, -0.15) is 0 Å². The molecule has 7 heteroatoms. The van der Waals surface area contributed by atoms with Gasteiger partial charge in [-0.3, -0.25) is 14.4 Å². The number of hydrogen-bond donors (Lipinski definition) is 3. The van der Waals surface area contributed by atoms with Gasteiger partial charge in [0.15, 0.2) is 0 Å². The molecule has 0 radical (unpaired) electrons. The SMILES string of the molecule is CC(C)CC(=O)Nc1cccc(CNC(=O)CNC(=O)c2cccc(Br)c2)c1. The molecule has 28 heavy (non-hydrogen) atoms. The number of hydrogen-bond acceptors (Lipinski definition) is 3. The van der Waals surface area contributed by atoms with Crippen LogP contribution in [0.5, 0.6) is 0 Å². The lowest BCUT2D eigenvalue weighted by molar-refractivity contribution is -0.120. The third kappa shape index (κ3) is 7.52. The van der Waals surface area contributed by atoms with Crippen molar-refractivity contribution in [2.75, 3.05) is 11.9 Å². The van der Waals surface area contributed by atoms with Crippen LogP contribution in [0.25, 0.3) is 0 Å². The molecule has 2 rings (SSSR count). The molecule has 2 aromatic carbocycles. The number of carbonyl (C=O) groups excluding carboxylic acids is 3. The Bertz CT molecular complexity index is 852. The van der Waals surface area contributed by atoms with E-state index in [1.165, 1.54) is 0 Å². The predicted octanol–water partition coefficient (Wildman–Crippen LogP) is 3.48. The standard InChI is InChI=1S/C21H24BrN3O3/c1-14(2)9-19(26)25-18-8-3-5-15(10-18)12-23-20(27)13-24-21(28)16-6-4-7-17(22)11-16/h3-8,10-11,14H,9,12-13H2,1-2H3,(H,23,27)(H,24,28)(H,25,26). The summed E-state index contributed by atoms with van der Waals surface area (Å²) in [6.07, 6.45) is 0.457. The van der Waals surface area contributed by atoms with Crippen molar-refractivity contribution in [3.8, 4) is 0 Å². The molecule has 0 bridgehead atoms. The lowest BCUT2D eigenvalue weighted by Crippen LogP contribution is -2.36. The quantitative estimate of drug-likeness (QED) is 0.580. The lowest BCUT2D eigenvalue weighted by Gasteiger charge is -2.10. The van der Waals surface area contributed by atoms with Crippen molar-refractivity contribution in [3.05, 3.63) is 64.1 Å². The molecule has 0 saturated carbocycles. The van der Waals surface area contributed by atoms with Crippen LogP contribution in [0, 0.1) is 5.92 Å². The van der Waals surface area contributed by atoms with Crippen molar-refractivity contribution in [1.82, 2.24) is 10.6 Å². The number of rotatable bonds is 8. The van der Waals surface area contributed by atoms with Gasteiger partial charge in [0.1, 0.15) is 0 Å². The van der Waals surface area contributed by atoms with E-state index in [0.717, 1.165) is 10.0 Å². The minimum Gasteiger partial charge on any atom is -0.350 e. The summed E-state index contributed by atoms with van der Waals surface area (Å²) < 4.78 is 0.796. The van der Waals surface area contributed by atoms with Crippen LogP contribution in [-0.2, 0) is 16.1 Å². The molecule has 0 fully saturated rings. The van der Waals surface area contributed by atoms with E-state index in [9.17, 15) is 14.4 Å². The van der Waals surface area contributed by atoms with E-state index in [1.54, 1.807) is 18.2 Å². The summed E-state index contributed by atoms with van der Waals surface area (Å²) in [7, 11) is 0. The summed E-state index contributed by atoms with van der Waals surface area (Å²) in [4.78, 5) is 35.9. The minimum atomic E-state index is -0.314. The highest BCUT2D eigenvalue weighted by Crippen LogP contribution is 2.13. The lowest BCUT2D eigenvalue weighted by atomic mass is 10.1. The largest absolute Gasteiger partial charge is 0.350 e. The van der Waals surface area contributed by atoms with Crippen molar-refractivity contribution in [2.24, 2.45) is 5.92 Å². The van der Waals surface area contributed by atoms with E-state index in [-0.39, 0.29) is 30.2 Å². The van der Waals surface area contributed by atoms with Crippen LogP contribution in [0.4, 0.5) is 5.69 Å². The van der Waals surface area contributed by atoms with Crippen molar-refractivity contribution in [3.63, 3.8) is 0 Å². The van der Waals surface area contributed by atoms with Gasteiger partial charge < -0.3 is 16.0 Å². The van der Waals surface area contributed by atoms with Gasteiger partial charge in [-0.15, -0.1) is 0 Å². The van der Waals surface area contributed by atoms with Crippen molar-refractivity contribution in [2.45, 2.75) is 26.8 Å². The van der Waals surface area contributed by atoms with E-state index in [1.807, 2.05) is 44.2 Å². The number of halogens is 1. The fourth-order valence-corrected chi connectivity index (χ4v) is 2.90. The first-order valence-electron chi connectivity index (χ1n) is 9.02. The van der Waals surface area contributed by atoms with Crippen LogP contribution in [0.2, 0.25) is 0 Å². The highest BCUT2D eigenvalue weighted by molar-refractivity contribution is 9.10. The highest BCUT2D eigenvalue weighted by atomic mass is 79.9. The van der Waals surface area contributed by atoms with E-state index in [0.29, 0.717) is 24.2 Å². The van der Waals surface area contributed by atoms with Crippen molar-refractivity contribution >= 4 is 39.3 Å². The maximum Gasteiger partial charge on any atom is 0.251 e. The molecular formula is C21H24BrN3O3. The van der Waals surface area contributed by atoms with Crippen LogP contribution in [-0.4, -0.2) is 24.3 Å². The van der Waals surface area contributed by atoms with Crippen LogP contribution in [0.15, 0.2) is 53.0 Å². The van der Waals surface area contributed by atoms with Gasteiger partial charge >= 0.3 is 0 Å². The fraction of sp³-hybridized carbons (Fsp3) is 0.286. The Labute approximate surface area is 173 Å². The molecule has 0 aliphatic heterocycles. The Morgan fingerprint density at radius 1 is 0.964 bits per heavy atom. The Balaban J connectivity index is 1.80. The second-order valence-corrected chi connectivity index (χ2v) is 7.73. The number of nitrogens with one attached hydrogen (secondary N) is 3. The summed E-state index contributed by atoms with van der Waals surface area (Å²) in [5, 5.41) is 8.19. The van der Waals surface area contributed by atoms with Gasteiger partial charge in [-0.1, -0.05) is 48.0 Å². The predicted molar refractivity (Wildman–Crippen MR) is 113 cm³/mol. The minimum absolute atomic E-state index is 0.0357. The molecule has 3 amide bonds. The van der Waals surface area contributed by atoms with Gasteiger partial charge in [-0.05, 0) is 41.8 Å². The summed E-state index contributed by atoms with van der Waals surface area (Å²) in [5.74, 6) is -0.356. The van der Waals surface area contributed by atoms with Gasteiger partial charge in [0.05, 0.1) is 6.54 Å². The van der Waals surface area contributed by atoms with Crippen LogP contribution >= 0.6 is 15.9 Å². The fourth-order valence-electron chi connectivity index (χ4n) is 2.50. The van der Waals surface area contributed by atoms with E-state index in [4.69, 9.17) is 0 Å². The number of anilines is 1. The van der Waals surface area contributed by atoms with Gasteiger partial charge in [0, 0.05) is 28.7 Å². The second kappa shape index (κ2) is 10.6. The Kier molecular flexibility index (Phi) is 8.19. The van der Waals surface area contributed by atoms with Crippen LogP contribution in [0.1, 0.15) is 36.2 Å². The first-order valence-corrected chi connectivity index (χ1v) is 9.82. The van der Waals surface area contributed by atoms with Crippen LogP contribution in [0.3, 0.4) is 0 Å². The van der Waals surface area contributed by atoms with Crippen molar-refractivity contribution in [1.29, 1.82) is 0 Å². The summed E-state index contributed by atoms with van der Waals surface area (Å²) >= 11 is 3.31. The first-order chi connectivity index (χ1) is 13.3. The summed E-state index contributed by atoms with van der Waals surface area (Å²) in [6, 6.07) is 14.2. The monoisotopic (exact) mass is 445 g/mol. The zero-order chi connectivity index (χ0) is 20.5. The molecule has 0 aromatic heterocycles. The third-order valence-corrected chi connectivity index (χ3v) is 4.28. The molecular weight excluding hydrogens is 422 g/mol. The molecule has 6 nitrogen and oxygen atoms in total. The van der Waals surface area contributed by atoms with Gasteiger partial charge in [0.2, 0.25) is 11.8 Å². The molecule has 2 aromatic rings. The van der Waals surface area contributed by atoms with Gasteiger partial charge in [-0.25, -0.2) is 0 Å². The van der Waals surface area contributed by atoms with Gasteiger partial charge in [0.25, 0.3) is 5.91 Å². The Morgan fingerprint density at radius 3 is 2.43 bits per heavy atom. The molecule has 0 heterocycles. The zero-order valence-electron chi connectivity index (χ0n) is 15.9. The third-order valence-electron chi connectivity index (χ3n) is 3.79. The second-order valence-electron chi connectivity index (χ2n) is 6.82. The highest BCUT2D eigenvalue weighted by Gasteiger charge is 2.09. The molecule has 0 aliphatic rings. The molecule has 0 aliphatic carbocycles. The Morgan fingerprint density at radius 2 is 1.71 bits per heavy atom. The summed E-state index contributed by atoms with van der Waals surface area (Å²) in [5.41, 5.74) is 2.03. The van der Waals surface area contributed by atoms with E-state index >= 15 is 0 Å². The number of benzene rings is 2. The molecule has 3 N–H and O–H groups in total. The van der Waals surface area contributed by atoms with Crippen molar-refractivity contribution < 1.29 is 14.4 Å². The zero-order valence-corrected chi connectivity index (χ0v) is 17.5. The average Bonchev–Trinajstić information content (AvgIpc) is 2.64. The number of carbonyl (C=O) groups is 3. The first kappa shape index (κ1) is 21.6. The summed E-state index contributed by atoms with van der Waals surface area (Å²) in [6.45, 7) is 4.16. The Hall–Kier alpha value is -2.67. The van der Waals surface area contributed by atoms with E-state index in [2.05, 4.69) is 31.9 Å². The topological polar surface area (TPSA) is 87.3 Å². The molecule has 0 spiro atoms. The molecule has 0 unspecified atom stereocenters. The molecule has 0 saturated heterocycles.